The fraction of sp³-hybridized carbons (Fsp3) is 0.269. The lowest BCUT2D eigenvalue weighted by Gasteiger charge is -2.39. The van der Waals surface area contributed by atoms with Gasteiger partial charge in [-0.3, -0.25) is 4.79 Å². The van der Waals surface area contributed by atoms with Gasteiger partial charge in [0.15, 0.2) is 0 Å². The van der Waals surface area contributed by atoms with Crippen LogP contribution < -0.4 is 0 Å². The molecule has 3 atom stereocenters. The summed E-state index contributed by atoms with van der Waals surface area (Å²) >= 11 is 0. The van der Waals surface area contributed by atoms with Gasteiger partial charge in [-0.15, -0.1) is 0 Å². The van der Waals surface area contributed by atoms with Gasteiger partial charge in [0.1, 0.15) is 12.2 Å². The van der Waals surface area contributed by atoms with Crippen molar-refractivity contribution >= 4 is 15.9 Å². The van der Waals surface area contributed by atoms with Gasteiger partial charge in [-0.05, 0) is 55.5 Å². The van der Waals surface area contributed by atoms with Gasteiger partial charge in [-0.2, -0.15) is 4.31 Å². The molecule has 3 aromatic rings. The summed E-state index contributed by atoms with van der Waals surface area (Å²) in [6.45, 7) is 3.93. The van der Waals surface area contributed by atoms with E-state index in [4.69, 9.17) is 0 Å². The number of hydrogen-bond donors (Lipinski definition) is 0. The topological polar surface area (TPSA) is 57.7 Å². The predicted molar refractivity (Wildman–Crippen MR) is 123 cm³/mol. The van der Waals surface area contributed by atoms with Crippen molar-refractivity contribution in [2.45, 2.75) is 49.8 Å². The lowest BCUT2D eigenvalue weighted by molar-refractivity contribution is -0.132. The van der Waals surface area contributed by atoms with E-state index in [0.29, 0.717) is 6.42 Å². The van der Waals surface area contributed by atoms with Crippen molar-refractivity contribution in [2.75, 3.05) is 0 Å². The third kappa shape index (κ3) is 3.34. The van der Waals surface area contributed by atoms with Crippen LogP contribution in [0.1, 0.15) is 35.3 Å². The first kappa shape index (κ1) is 20.9. The SMILES string of the molecule is Cc1ccc(S(=O)(=O)N2[C@@H]3c4ccccc4C[C@@H](C)N3C(=O)[C@@H]2Cc2ccccc2)cc1. The number of carbonyl (C=O) groups is 1. The van der Waals surface area contributed by atoms with Gasteiger partial charge in [0.25, 0.3) is 0 Å². The lowest BCUT2D eigenvalue weighted by atomic mass is 9.93. The Bertz CT molecular complexity index is 1260. The molecule has 2 aliphatic heterocycles. The number of carbonyl (C=O) groups excluding carboxylic acids is 1. The highest BCUT2D eigenvalue weighted by Crippen LogP contribution is 2.45. The molecule has 0 radical (unpaired) electrons. The Morgan fingerprint density at radius 2 is 1.56 bits per heavy atom. The summed E-state index contributed by atoms with van der Waals surface area (Å²) in [5.41, 5.74) is 3.92. The average Bonchev–Trinajstić information content (AvgIpc) is 3.08. The minimum Gasteiger partial charge on any atom is -0.317 e. The number of nitrogens with zero attached hydrogens (tertiary/aromatic N) is 2. The van der Waals surface area contributed by atoms with E-state index in [0.717, 1.165) is 28.7 Å². The molecule has 1 amide bonds. The van der Waals surface area contributed by atoms with Crippen LogP contribution in [0.25, 0.3) is 0 Å². The fourth-order valence-corrected chi connectivity index (χ4v) is 6.68. The molecule has 2 aliphatic rings. The van der Waals surface area contributed by atoms with Gasteiger partial charge < -0.3 is 4.90 Å². The van der Waals surface area contributed by atoms with Crippen LogP contribution in [0.15, 0.2) is 83.8 Å². The molecular formula is C26H26N2O3S. The molecule has 1 saturated heterocycles. The maximum atomic E-state index is 14.0. The molecule has 5 rings (SSSR count). The zero-order chi connectivity index (χ0) is 22.5. The summed E-state index contributed by atoms with van der Waals surface area (Å²) in [6.07, 6.45) is 0.420. The molecule has 0 unspecified atom stereocenters. The first-order valence-electron chi connectivity index (χ1n) is 10.9. The maximum absolute atomic E-state index is 14.0. The van der Waals surface area contributed by atoms with Crippen LogP contribution >= 0.6 is 0 Å². The monoisotopic (exact) mass is 446 g/mol. The Kier molecular flexibility index (Phi) is 5.14. The largest absolute Gasteiger partial charge is 0.317 e. The number of fused-ring (bicyclic) bond motifs is 3. The van der Waals surface area contributed by atoms with Crippen molar-refractivity contribution in [3.05, 3.63) is 101 Å². The third-order valence-corrected chi connectivity index (χ3v) is 8.42. The van der Waals surface area contributed by atoms with Crippen molar-refractivity contribution < 1.29 is 13.2 Å². The Morgan fingerprint density at radius 3 is 2.28 bits per heavy atom. The number of rotatable bonds is 4. The first-order chi connectivity index (χ1) is 15.4. The lowest BCUT2D eigenvalue weighted by Crippen LogP contribution is -2.44. The highest BCUT2D eigenvalue weighted by molar-refractivity contribution is 7.89. The summed E-state index contributed by atoms with van der Waals surface area (Å²) in [7, 11) is -3.92. The number of benzene rings is 3. The smallest absolute Gasteiger partial charge is 0.245 e. The Hall–Kier alpha value is -2.96. The average molecular weight is 447 g/mol. The molecule has 32 heavy (non-hydrogen) atoms. The molecule has 0 bridgehead atoms. The zero-order valence-corrected chi connectivity index (χ0v) is 19.0. The molecule has 6 heteroatoms. The third-order valence-electron chi connectivity index (χ3n) is 6.54. The van der Waals surface area contributed by atoms with E-state index in [2.05, 4.69) is 0 Å². The van der Waals surface area contributed by atoms with Gasteiger partial charge in [0.05, 0.1) is 4.90 Å². The quantitative estimate of drug-likeness (QED) is 0.607. The van der Waals surface area contributed by atoms with Crippen LogP contribution in [0.5, 0.6) is 0 Å². The maximum Gasteiger partial charge on any atom is 0.245 e. The highest BCUT2D eigenvalue weighted by Gasteiger charge is 2.55. The Labute approximate surface area is 189 Å². The summed E-state index contributed by atoms with van der Waals surface area (Å²) in [4.78, 5) is 15.7. The van der Waals surface area contributed by atoms with E-state index in [1.165, 1.54) is 4.31 Å². The van der Waals surface area contributed by atoms with Crippen LogP contribution in [-0.4, -0.2) is 35.6 Å². The van der Waals surface area contributed by atoms with Crippen molar-refractivity contribution in [1.29, 1.82) is 0 Å². The molecule has 0 aromatic heterocycles. The predicted octanol–water partition coefficient (Wildman–Crippen LogP) is 4.08. The molecule has 0 spiro atoms. The molecular weight excluding hydrogens is 420 g/mol. The second kappa shape index (κ2) is 7.87. The van der Waals surface area contributed by atoms with Gasteiger partial charge in [0, 0.05) is 6.04 Å². The normalized spacial score (nSPS) is 23.1. The van der Waals surface area contributed by atoms with Crippen LogP contribution in [0.2, 0.25) is 0 Å². The molecule has 1 fully saturated rings. The second-order valence-electron chi connectivity index (χ2n) is 8.72. The van der Waals surface area contributed by atoms with Crippen LogP contribution in [-0.2, 0) is 27.7 Å². The summed E-state index contributed by atoms with van der Waals surface area (Å²) in [5.74, 6) is -0.128. The van der Waals surface area contributed by atoms with Gasteiger partial charge in [-0.25, -0.2) is 8.42 Å². The van der Waals surface area contributed by atoms with Crippen molar-refractivity contribution in [3.63, 3.8) is 0 Å². The van der Waals surface area contributed by atoms with Crippen LogP contribution in [0.3, 0.4) is 0 Å². The number of amides is 1. The standard InChI is InChI=1S/C26H26N2O3S/c1-18-12-14-22(15-13-18)32(30,31)28-24(17-20-8-4-3-5-9-20)26(29)27-19(2)16-21-10-6-7-11-23(21)25(27)28/h3-15,19,24-25H,16-17H2,1-2H3/t19-,24+,25-/m1/s1. The Balaban J connectivity index is 1.68. The van der Waals surface area contributed by atoms with Crippen LogP contribution in [0, 0.1) is 6.92 Å². The molecule has 3 aromatic carbocycles. The molecule has 2 heterocycles. The minimum absolute atomic E-state index is 0.0844. The van der Waals surface area contributed by atoms with E-state index in [-0.39, 0.29) is 16.8 Å². The van der Waals surface area contributed by atoms with Crippen molar-refractivity contribution in [1.82, 2.24) is 9.21 Å². The van der Waals surface area contributed by atoms with Gasteiger partial charge in [-0.1, -0.05) is 72.3 Å². The molecule has 164 valence electrons. The van der Waals surface area contributed by atoms with Crippen molar-refractivity contribution in [2.24, 2.45) is 0 Å². The van der Waals surface area contributed by atoms with E-state index >= 15 is 0 Å². The molecule has 0 saturated carbocycles. The zero-order valence-electron chi connectivity index (χ0n) is 18.2. The molecule has 5 nitrogen and oxygen atoms in total. The number of aryl methyl sites for hydroxylation is 1. The summed E-state index contributed by atoms with van der Waals surface area (Å²) in [6, 6.07) is 23.5. The van der Waals surface area contributed by atoms with Crippen molar-refractivity contribution in [3.8, 4) is 0 Å². The van der Waals surface area contributed by atoms with Gasteiger partial charge >= 0.3 is 0 Å². The van der Waals surface area contributed by atoms with E-state index in [9.17, 15) is 13.2 Å². The molecule has 0 aliphatic carbocycles. The van der Waals surface area contributed by atoms with E-state index in [1.54, 1.807) is 29.2 Å². The first-order valence-corrected chi connectivity index (χ1v) is 12.4. The minimum atomic E-state index is -3.92. The number of hydrogen-bond acceptors (Lipinski definition) is 3. The van der Waals surface area contributed by atoms with E-state index in [1.807, 2.05) is 68.4 Å². The molecule has 0 N–H and O–H groups in total. The van der Waals surface area contributed by atoms with Crippen LogP contribution in [0.4, 0.5) is 0 Å². The summed E-state index contributed by atoms with van der Waals surface area (Å²) in [5, 5.41) is 0. The summed E-state index contributed by atoms with van der Waals surface area (Å²) < 4.78 is 29.5. The van der Waals surface area contributed by atoms with E-state index < -0.39 is 22.2 Å². The van der Waals surface area contributed by atoms with Gasteiger partial charge in [0.2, 0.25) is 15.9 Å². The number of sulfonamides is 1. The highest BCUT2D eigenvalue weighted by atomic mass is 32.2. The second-order valence-corrected chi connectivity index (χ2v) is 10.6. The fourth-order valence-electron chi connectivity index (χ4n) is 4.97. The Morgan fingerprint density at radius 1 is 0.906 bits per heavy atom.